The molecule has 7 heteroatoms. The van der Waals surface area contributed by atoms with Crippen LogP contribution in [0.3, 0.4) is 0 Å². The summed E-state index contributed by atoms with van der Waals surface area (Å²) in [4.78, 5) is 14.9. The molecule has 1 N–H and O–H groups in total. The Kier molecular flexibility index (Phi) is 6.45. The predicted octanol–water partition coefficient (Wildman–Crippen LogP) is 2.74. The molecule has 0 spiro atoms. The average Bonchev–Trinajstić information content (AvgIpc) is 2.48. The normalized spacial score (nSPS) is 16.8. The third-order valence-corrected chi connectivity index (χ3v) is 3.68. The largest absolute Gasteiger partial charge is 0.378 e. The van der Waals surface area contributed by atoms with Gasteiger partial charge in [0.05, 0.1) is 13.2 Å². The number of anilines is 2. The van der Waals surface area contributed by atoms with Gasteiger partial charge >= 0.3 is 0 Å². The van der Waals surface area contributed by atoms with Crippen LogP contribution in [0.15, 0.2) is 0 Å². The van der Waals surface area contributed by atoms with Crippen LogP contribution in [0, 0.1) is 0 Å². The first-order valence-corrected chi connectivity index (χ1v) is 8.07. The third-order valence-electron chi connectivity index (χ3n) is 3.51. The van der Waals surface area contributed by atoms with Crippen molar-refractivity contribution in [3.8, 4) is 0 Å². The fraction of sp³-hybridized carbons (Fsp3) is 0.786. The molecule has 21 heavy (non-hydrogen) atoms. The number of ether oxygens (including phenoxy) is 1. The van der Waals surface area contributed by atoms with Gasteiger partial charge in [-0.15, -0.1) is 0 Å². The van der Waals surface area contributed by atoms with E-state index in [0.29, 0.717) is 31.2 Å². The van der Waals surface area contributed by atoms with Gasteiger partial charge in [0.15, 0.2) is 0 Å². The quantitative estimate of drug-likeness (QED) is 0.781. The van der Waals surface area contributed by atoms with Crippen molar-refractivity contribution in [3.63, 3.8) is 0 Å². The van der Waals surface area contributed by atoms with E-state index in [-0.39, 0.29) is 5.28 Å². The number of unbranched alkanes of at least 4 members (excludes halogenated alkanes) is 2. The molecular formula is C14H24ClN5O. The molecular weight excluding hydrogens is 290 g/mol. The van der Waals surface area contributed by atoms with Crippen molar-refractivity contribution >= 4 is 23.5 Å². The Morgan fingerprint density at radius 2 is 2.00 bits per heavy atom. The molecule has 1 aromatic heterocycles. The van der Waals surface area contributed by atoms with Gasteiger partial charge in [-0.3, -0.25) is 0 Å². The van der Waals surface area contributed by atoms with E-state index in [2.05, 4.69) is 39.0 Å². The third kappa shape index (κ3) is 5.28. The van der Waals surface area contributed by atoms with E-state index in [9.17, 15) is 0 Å². The van der Waals surface area contributed by atoms with Gasteiger partial charge in [-0.1, -0.05) is 26.2 Å². The van der Waals surface area contributed by atoms with E-state index < -0.39 is 0 Å². The van der Waals surface area contributed by atoms with Gasteiger partial charge < -0.3 is 15.0 Å². The van der Waals surface area contributed by atoms with Gasteiger partial charge in [0, 0.05) is 19.1 Å². The molecule has 0 radical (unpaired) electrons. The minimum atomic E-state index is 0.231. The van der Waals surface area contributed by atoms with Crippen molar-refractivity contribution in [3.05, 3.63) is 5.28 Å². The Morgan fingerprint density at radius 1 is 1.24 bits per heavy atom. The summed E-state index contributed by atoms with van der Waals surface area (Å²) < 4.78 is 5.34. The second-order valence-electron chi connectivity index (χ2n) is 5.37. The smallest absolute Gasteiger partial charge is 0.231 e. The first-order chi connectivity index (χ1) is 10.2. The summed E-state index contributed by atoms with van der Waals surface area (Å²) in [6, 6.07) is 0.326. The summed E-state index contributed by atoms with van der Waals surface area (Å²) in [5.74, 6) is 1.18. The maximum Gasteiger partial charge on any atom is 0.231 e. The van der Waals surface area contributed by atoms with Crippen LogP contribution in [-0.2, 0) is 4.74 Å². The van der Waals surface area contributed by atoms with Crippen molar-refractivity contribution in [1.82, 2.24) is 15.0 Å². The highest BCUT2D eigenvalue weighted by molar-refractivity contribution is 6.28. The molecule has 1 aliphatic heterocycles. The predicted molar refractivity (Wildman–Crippen MR) is 85.1 cm³/mol. The lowest BCUT2D eigenvalue weighted by Crippen LogP contribution is -2.37. The first-order valence-electron chi connectivity index (χ1n) is 7.70. The summed E-state index contributed by atoms with van der Waals surface area (Å²) in [5, 5.41) is 3.55. The Morgan fingerprint density at radius 3 is 2.71 bits per heavy atom. The number of hydrogen-bond donors (Lipinski definition) is 1. The highest BCUT2D eigenvalue weighted by atomic mass is 35.5. The molecule has 1 fully saturated rings. The van der Waals surface area contributed by atoms with Crippen molar-refractivity contribution in [2.75, 3.05) is 36.5 Å². The van der Waals surface area contributed by atoms with Gasteiger partial charge in [-0.25, -0.2) is 0 Å². The van der Waals surface area contributed by atoms with Crippen molar-refractivity contribution in [2.24, 2.45) is 0 Å². The number of rotatable bonds is 7. The average molecular weight is 314 g/mol. The summed E-state index contributed by atoms with van der Waals surface area (Å²) in [5.41, 5.74) is 0. The Balaban J connectivity index is 1.97. The maximum atomic E-state index is 6.02. The lowest BCUT2D eigenvalue weighted by molar-refractivity contribution is 0.122. The molecule has 0 bridgehead atoms. The van der Waals surface area contributed by atoms with Gasteiger partial charge in [0.1, 0.15) is 0 Å². The lowest BCUT2D eigenvalue weighted by Gasteiger charge is -2.27. The van der Waals surface area contributed by atoms with Crippen LogP contribution in [0.5, 0.6) is 0 Å². The minimum absolute atomic E-state index is 0.231. The van der Waals surface area contributed by atoms with E-state index in [1.807, 2.05) is 0 Å². The number of halogens is 1. The number of hydrogen-bond acceptors (Lipinski definition) is 6. The molecule has 118 valence electrons. The Bertz CT molecular complexity index is 439. The molecule has 0 amide bonds. The van der Waals surface area contributed by atoms with Crippen LogP contribution in [-0.4, -0.2) is 47.3 Å². The van der Waals surface area contributed by atoms with E-state index >= 15 is 0 Å². The standard InChI is InChI=1S/C14H24ClN5O/c1-3-4-5-6-11(2)16-13-17-12(15)18-14(19-13)20-7-9-21-10-8-20/h11H,3-10H2,1-2H3,(H,16,17,18,19). The second kappa shape index (κ2) is 8.34. The molecule has 1 aliphatic rings. The minimum Gasteiger partial charge on any atom is -0.378 e. The molecule has 1 unspecified atom stereocenters. The van der Waals surface area contributed by atoms with Gasteiger partial charge in [0.25, 0.3) is 0 Å². The molecule has 0 aliphatic carbocycles. The zero-order valence-corrected chi connectivity index (χ0v) is 13.6. The second-order valence-corrected chi connectivity index (χ2v) is 5.71. The highest BCUT2D eigenvalue weighted by Gasteiger charge is 2.16. The summed E-state index contributed by atoms with van der Waals surface area (Å²) in [6.07, 6.45) is 4.79. The van der Waals surface area contributed by atoms with E-state index in [1.165, 1.54) is 19.3 Å². The summed E-state index contributed by atoms with van der Waals surface area (Å²) in [7, 11) is 0. The van der Waals surface area contributed by atoms with Crippen LogP contribution in [0.1, 0.15) is 39.5 Å². The van der Waals surface area contributed by atoms with Crippen LogP contribution >= 0.6 is 11.6 Å². The van der Waals surface area contributed by atoms with E-state index in [0.717, 1.165) is 19.5 Å². The molecule has 2 rings (SSSR count). The monoisotopic (exact) mass is 313 g/mol. The molecule has 2 heterocycles. The van der Waals surface area contributed by atoms with Gasteiger partial charge in [0.2, 0.25) is 17.2 Å². The first kappa shape index (κ1) is 16.2. The van der Waals surface area contributed by atoms with Crippen molar-refractivity contribution in [1.29, 1.82) is 0 Å². The fourth-order valence-electron chi connectivity index (χ4n) is 2.30. The topological polar surface area (TPSA) is 63.2 Å². The Labute approximate surface area is 131 Å². The molecule has 1 aromatic rings. The number of morpholine rings is 1. The molecule has 6 nitrogen and oxygen atoms in total. The van der Waals surface area contributed by atoms with Gasteiger partial charge in [-0.05, 0) is 24.9 Å². The highest BCUT2D eigenvalue weighted by Crippen LogP contribution is 2.16. The Hall–Kier alpha value is -1.14. The SMILES string of the molecule is CCCCCC(C)Nc1nc(Cl)nc(N2CCOCC2)n1. The summed E-state index contributed by atoms with van der Waals surface area (Å²) >= 11 is 6.02. The van der Waals surface area contributed by atoms with Crippen molar-refractivity contribution in [2.45, 2.75) is 45.6 Å². The van der Waals surface area contributed by atoms with Crippen LogP contribution in [0.2, 0.25) is 5.28 Å². The zero-order chi connectivity index (χ0) is 15.1. The van der Waals surface area contributed by atoms with Crippen LogP contribution < -0.4 is 10.2 Å². The van der Waals surface area contributed by atoms with Gasteiger partial charge in [-0.2, -0.15) is 15.0 Å². The number of aromatic nitrogens is 3. The number of nitrogens with zero attached hydrogens (tertiary/aromatic N) is 4. The fourth-order valence-corrected chi connectivity index (χ4v) is 2.46. The summed E-state index contributed by atoms with van der Waals surface area (Å²) in [6.45, 7) is 7.30. The molecule has 0 saturated carbocycles. The van der Waals surface area contributed by atoms with E-state index in [1.54, 1.807) is 0 Å². The van der Waals surface area contributed by atoms with Crippen LogP contribution in [0.25, 0.3) is 0 Å². The van der Waals surface area contributed by atoms with Crippen molar-refractivity contribution < 1.29 is 4.74 Å². The number of nitrogens with one attached hydrogen (secondary N) is 1. The van der Waals surface area contributed by atoms with Crippen LogP contribution in [0.4, 0.5) is 11.9 Å². The maximum absolute atomic E-state index is 6.02. The zero-order valence-electron chi connectivity index (χ0n) is 12.8. The lowest BCUT2D eigenvalue weighted by atomic mass is 10.1. The molecule has 1 saturated heterocycles. The van der Waals surface area contributed by atoms with E-state index in [4.69, 9.17) is 16.3 Å². The molecule has 0 aromatic carbocycles. The molecule has 1 atom stereocenters.